The van der Waals surface area contributed by atoms with Gasteiger partial charge in [0.05, 0.1) is 0 Å². The molecule has 0 saturated heterocycles. The van der Waals surface area contributed by atoms with E-state index in [9.17, 15) is 39.6 Å². The van der Waals surface area contributed by atoms with Gasteiger partial charge in [0, 0.05) is 35.7 Å². The van der Waals surface area contributed by atoms with E-state index in [1.807, 2.05) is 0 Å². The van der Waals surface area contributed by atoms with Crippen molar-refractivity contribution in [3.63, 3.8) is 0 Å². The van der Waals surface area contributed by atoms with E-state index in [0.717, 1.165) is 0 Å². The van der Waals surface area contributed by atoms with Crippen molar-refractivity contribution in [3.8, 4) is 0 Å². The van der Waals surface area contributed by atoms with E-state index in [4.69, 9.17) is 0 Å². The molecule has 0 spiro atoms. The van der Waals surface area contributed by atoms with Gasteiger partial charge in [0.25, 0.3) is 0 Å². The normalized spacial score (nSPS) is 12.2. The molecule has 0 aromatic carbocycles. The second-order valence-corrected chi connectivity index (χ2v) is 3.00. The minimum Gasteiger partial charge on any atom is -0.550 e. The number of carbonyl (C=O) groups is 4. The van der Waals surface area contributed by atoms with Gasteiger partial charge in [-0.15, -0.1) is 0 Å². The van der Waals surface area contributed by atoms with E-state index in [1.165, 1.54) is 0 Å². The van der Waals surface area contributed by atoms with Crippen LogP contribution in [0.3, 0.4) is 0 Å². The minimum absolute atomic E-state index is 0. The molecule has 0 aromatic heterocycles. The molecule has 0 rings (SSSR count). The molecule has 8 nitrogen and oxygen atoms in total. The summed E-state index contributed by atoms with van der Waals surface area (Å²) >= 11 is 0. The van der Waals surface area contributed by atoms with Crippen molar-refractivity contribution in [2.45, 2.75) is 12.8 Å². The first-order valence-electron chi connectivity index (χ1n) is 4.07. The summed E-state index contributed by atoms with van der Waals surface area (Å²) in [6.07, 6.45) is -2.34. The Hall–Kier alpha value is -0.588. The topological polar surface area (TPSA) is 161 Å². The molecule has 2 atom stereocenters. The van der Waals surface area contributed by atoms with Crippen molar-refractivity contribution in [3.05, 3.63) is 0 Å². The van der Waals surface area contributed by atoms with Crippen LogP contribution < -0.4 is 20.4 Å². The maximum Gasteiger partial charge on any atom is 2.00 e. The Kier molecular flexibility index (Phi) is 13.0. The molecule has 18 heavy (non-hydrogen) atoms. The largest absolute Gasteiger partial charge is 2.00 e. The number of hydrogen-bond acceptors (Lipinski definition) is 8. The maximum absolute atomic E-state index is 10.5. The fourth-order valence-electron chi connectivity index (χ4n) is 1.14. The van der Waals surface area contributed by atoms with Crippen molar-refractivity contribution >= 4 is 70.0 Å². The Labute approximate surface area is 134 Å². The van der Waals surface area contributed by atoms with Crippen LogP contribution in [0.4, 0.5) is 0 Å². The maximum atomic E-state index is 10.5. The third-order valence-corrected chi connectivity index (χ3v) is 1.86. The zero-order valence-electron chi connectivity index (χ0n) is 9.25. The van der Waals surface area contributed by atoms with Crippen LogP contribution in [-0.4, -0.2) is 70.0 Å². The third-order valence-electron chi connectivity index (χ3n) is 1.86. The summed E-state index contributed by atoms with van der Waals surface area (Å²) in [5, 5.41) is 41.2. The quantitative estimate of drug-likeness (QED) is 0.415. The Morgan fingerprint density at radius 2 is 0.889 bits per heavy atom. The number of carboxylic acids is 4. The van der Waals surface area contributed by atoms with Crippen LogP contribution in [0.2, 0.25) is 0 Å². The number of hydrogen-bond donors (Lipinski definition) is 0. The first-order valence-corrected chi connectivity index (χ1v) is 4.07. The smallest absolute Gasteiger partial charge is 0.550 e. The van der Waals surface area contributed by atoms with E-state index in [2.05, 4.69) is 0 Å². The molecule has 0 N–H and O–H groups in total. The van der Waals surface area contributed by atoms with Gasteiger partial charge in [-0.05, 0) is 12.8 Å². The van der Waals surface area contributed by atoms with Gasteiger partial charge in [-0.3, -0.25) is 0 Å². The van der Waals surface area contributed by atoms with E-state index in [0.29, 0.717) is 0 Å². The summed E-state index contributed by atoms with van der Waals surface area (Å²) in [7, 11) is 0. The number of carbonyl (C=O) groups excluding carboxylic acids is 4. The van der Waals surface area contributed by atoms with Gasteiger partial charge < -0.3 is 39.6 Å². The molecule has 90 valence electrons. The second-order valence-electron chi connectivity index (χ2n) is 3.00. The summed E-state index contributed by atoms with van der Waals surface area (Å²) in [6.45, 7) is 0. The molecule has 0 aliphatic heterocycles. The Morgan fingerprint density at radius 1 is 0.667 bits per heavy atom. The average Bonchev–Trinajstić information content (AvgIpc) is 2.09. The Bertz CT molecular complexity index is 297. The van der Waals surface area contributed by atoms with Crippen LogP contribution in [-0.2, 0) is 19.2 Å². The predicted octanol–water partition coefficient (Wildman–Crippen LogP) is -6.76. The minimum atomic E-state index is -2.03. The molecule has 0 saturated carbocycles. The molecule has 0 aliphatic carbocycles. The van der Waals surface area contributed by atoms with Gasteiger partial charge in [-0.1, -0.05) is 0 Å². The Balaban J connectivity index is -0.00000112. The first kappa shape index (κ1) is 22.6. The van der Waals surface area contributed by atoms with E-state index in [1.54, 1.807) is 0 Å². The summed E-state index contributed by atoms with van der Waals surface area (Å²) in [4.78, 5) is 41.2. The van der Waals surface area contributed by atoms with Crippen molar-refractivity contribution in [2.75, 3.05) is 0 Å². The predicted molar refractivity (Wildman–Crippen MR) is 47.8 cm³/mol. The zero-order chi connectivity index (χ0) is 12.9. The number of carboxylic acid groups (broad SMARTS) is 4. The zero-order valence-corrected chi connectivity index (χ0v) is 12.1. The summed E-state index contributed by atoms with van der Waals surface area (Å²) in [6, 6.07) is 0. The van der Waals surface area contributed by atoms with Gasteiger partial charge in [0.1, 0.15) is 0 Å². The van der Waals surface area contributed by atoms with Crippen LogP contribution in [0.1, 0.15) is 12.8 Å². The summed E-state index contributed by atoms with van der Waals surface area (Å²) in [5.74, 6) is -11.7. The fourth-order valence-corrected chi connectivity index (χ4v) is 1.14. The second kappa shape index (κ2) is 10.3. The molecule has 0 amide bonds. The molecule has 10 heteroatoms. The monoisotopic (exact) mass is 278 g/mol. The van der Waals surface area contributed by atoms with Gasteiger partial charge in [0.15, 0.2) is 0 Å². The van der Waals surface area contributed by atoms with Crippen molar-refractivity contribution in [1.29, 1.82) is 0 Å². The average molecular weight is 279 g/mol. The van der Waals surface area contributed by atoms with Crippen LogP contribution in [0.25, 0.3) is 0 Å². The first-order chi connectivity index (χ1) is 7.25. The van der Waals surface area contributed by atoms with Crippen LogP contribution in [0, 0.1) is 11.8 Å². The van der Waals surface area contributed by atoms with Crippen molar-refractivity contribution in [2.24, 2.45) is 11.8 Å². The molecular weight excluding hydrogens is 273 g/mol. The van der Waals surface area contributed by atoms with Gasteiger partial charge in [-0.2, -0.15) is 0 Å². The van der Waals surface area contributed by atoms with E-state index in [-0.39, 0.29) is 46.1 Å². The molecular formula is C8H6Mg2O8. The molecule has 0 aliphatic rings. The number of rotatable bonds is 7. The number of aliphatic carboxylic acids is 4. The SMILES string of the molecule is O=C([O-])CC(C(=O)[O-])C(CC(=O)[O-])C(=O)[O-].[Mg+2].[Mg+2]. The molecule has 0 aromatic rings. The molecule has 0 bridgehead atoms. The van der Waals surface area contributed by atoms with Crippen molar-refractivity contribution in [1.82, 2.24) is 0 Å². The molecule has 0 fully saturated rings. The fraction of sp³-hybridized carbons (Fsp3) is 0.500. The van der Waals surface area contributed by atoms with Crippen LogP contribution >= 0.6 is 0 Å². The molecule has 0 heterocycles. The molecule has 0 radical (unpaired) electrons. The van der Waals surface area contributed by atoms with E-state index < -0.39 is 48.6 Å². The summed E-state index contributed by atoms with van der Waals surface area (Å²) in [5.41, 5.74) is 0. The van der Waals surface area contributed by atoms with Crippen LogP contribution in [0.5, 0.6) is 0 Å². The Morgan fingerprint density at radius 3 is 1.00 bits per heavy atom. The van der Waals surface area contributed by atoms with Crippen LogP contribution in [0.15, 0.2) is 0 Å². The standard InChI is InChI=1S/C8H10O8.2Mg/c9-5(10)1-3(7(13)14)4(8(15)16)2-6(11)12;;/h3-4H,1-2H2,(H,9,10)(H,11,12)(H,13,14)(H,15,16);;/q;2*+2/p-4. The van der Waals surface area contributed by atoms with Gasteiger partial charge in [-0.25, -0.2) is 0 Å². The van der Waals surface area contributed by atoms with E-state index >= 15 is 0 Å². The van der Waals surface area contributed by atoms with Crippen molar-refractivity contribution < 1.29 is 39.6 Å². The van der Waals surface area contributed by atoms with Gasteiger partial charge >= 0.3 is 46.1 Å². The summed E-state index contributed by atoms with van der Waals surface area (Å²) < 4.78 is 0. The third kappa shape index (κ3) is 8.50. The van der Waals surface area contributed by atoms with Gasteiger partial charge in [0.2, 0.25) is 0 Å². The molecule has 2 unspecified atom stereocenters.